The summed E-state index contributed by atoms with van der Waals surface area (Å²) >= 11 is 3.32. The Morgan fingerprint density at radius 1 is 1.04 bits per heavy atom. The van der Waals surface area contributed by atoms with E-state index in [0.717, 1.165) is 4.47 Å². The topological polar surface area (TPSA) is 61.8 Å². The van der Waals surface area contributed by atoms with Crippen molar-refractivity contribution in [3.63, 3.8) is 0 Å². The molecule has 0 heterocycles. The molecule has 0 aliphatic carbocycles. The lowest BCUT2D eigenvalue weighted by Gasteiger charge is -2.09. The molecule has 2 aromatic carbocycles. The average molecular weight is 407 g/mol. The highest BCUT2D eigenvalue weighted by atomic mass is 79.9. The van der Waals surface area contributed by atoms with E-state index in [1.54, 1.807) is 30.3 Å². The van der Waals surface area contributed by atoms with Gasteiger partial charge in [0.05, 0.1) is 12.2 Å². The van der Waals surface area contributed by atoms with Gasteiger partial charge in [0.1, 0.15) is 11.5 Å². The molecular formula is C19H19BrO5. The Labute approximate surface area is 155 Å². The van der Waals surface area contributed by atoms with E-state index in [0.29, 0.717) is 17.9 Å². The molecule has 0 saturated heterocycles. The van der Waals surface area contributed by atoms with E-state index in [4.69, 9.17) is 14.2 Å². The number of esters is 2. The number of carbonyl (C=O) groups excluding carboxylic acids is 2. The SMILES string of the molecule is CC(C)COC(=O)c1cccc(OC(=O)COc2ccc(Br)cc2)c1. The predicted molar refractivity (Wildman–Crippen MR) is 96.8 cm³/mol. The first-order valence-electron chi connectivity index (χ1n) is 7.80. The van der Waals surface area contributed by atoms with Crippen molar-refractivity contribution in [2.45, 2.75) is 13.8 Å². The van der Waals surface area contributed by atoms with E-state index in [1.807, 2.05) is 26.0 Å². The molecule has 5 nitrogen and oxygen atoms in total. The first kappa shape index (κ1) is 19.0. The van der Waals surface area contributed by atoms with Gasteiger partial charge in [-0.2, -0.15) is 0 Å². The van der Waals surface area contributed by atoms with Crippen LogP contribution in [0.4, 0.5) is 0 Å². The van der Waals surface area contributed by atoms with Crippen LogP contribution in [0.1, 0.15) is 24.2 Å². The van der Waals surface area contributed by atoms with E-state index in [-0.39, 0.29) is 18.3 Å². The Bertz CT molecular complexity index is 725. The van der Waals surface area contributed by atoms with Gasteiger partial charge in [0, 0.05) is 4.47 Å². The van der Waals surface area contributed by atoms with Gasteiger partial charge in [0.15, 0.2) is 6.61 Å². The van der Waals surface area contributed by atoms with Crippen LogP contribution in [0.5, 0.6) is 11.5 Å². The van der Waals surface area contributed by atoms with Crippen molar-refractivity contribution < 1.29 is 23.8 Å². The van der Waals surface area contributed by atoms with Crippen LogP contribution in [-0.2, 0) is 9.53 Å². The highest BCUT2D eigenvalue weighted by Crippen LogP contribution is 2.17. The summed E-state index contributed by atoms with van der Waals surface area (Å²) in [4.78, 5) is 23.8. The third-order valence-electron chi connectivity index (χ3n) is 3.02. The molecule has 25 heavy (non-hydrogen) atoms. The standard InChI is InChI=1S/C19H19BrO5/c1-13(2)11-24-19(22)14-4-3-5-17(10-14)25-18(21)12-23-16-8-6-15(20)7-9-16/h3-10,13H,11-12H2,1-2H3. The van der Waals surface area contributed by atoms with Crippen molar-refractivity contribution in [3.8, 4) is 11.5 Å². The molecule has 0 radical (unpaired) electrons. The molecule has 0 aliphatic heterocycles. The van der Waals surface area contributed by atoms with Gasteiger partial charge in [0.25, 0.3) is 0 Å². The van der Waals surface area contributed by atoms with Gasteiger partial charge >= 0.3 is 11.9 Å². The Morgan fingerprint density at radius 3 is 2.44 bits per heavy atom. The zero-order valence-electron chi connectivity index (χ0n) is 14.0. The molecule has 0 unspecified atom stereocenters. The number of halogens is 1. The number of hydrogen-bond acceptors (Lipinski definition) is 5. The van der Waals surface area contributed by atoms with Crippen molar-refractivity contribution in [1.82, 2.24) is 0 Å². The number of ether oxygens (including phenoxy) is 3. The van der Waals surface area contributed by atoms with Crippen LogP contribution in [0.3, 0.4) is 0 Å². The van der Waals surface area contributed by atoms with Gasteiger partial charge in [0.2, 0.25) is 0 Å². The average Bonchev–Trinajstić information content (AvgIpc) is 2.59. The van der Waals surface area contributed by atoms with Gasteiger partial charge in [-0.25, -0.2) is 9.59 Å². The van der Waals surface area contributed by atoms with Gasteiger partial charge in [-0.1, -0.05) is 35.8 Å². The summed E-state index contributed by atoms with van der Waals surface area (Å²) in [5.74, 6) is 0.0728. The molecule has 0 N–H and O–H groups in total. The summed E-state index contributed by atoms with van der Waals surface area (Å²) in [7, 11) is 0. The monoisotopic (exact) mass is 406 g/mol. The van der Waals surface area contributed by atoms with Crippen molar-refractivity contribution in [1.29, 1.82) is 0 Å². The van der Waals surface area contributed by atoms with Crippen molar-refractivity contribution in [3.05, 3.63) is 58.6 Å². The summed E-state index contributed by atoms with van der Waals surface area (Å²) in [6.07, 6.45) is 0. The highest BCUT2D eigenvalue weighted by Gasteiger charge is 2.11. The number of carbonyl (C=O) groups is 2. The minimum atomic E-state index is -0.560. The fourth-order valence-corrected chi connectivity index (χ4v) is 2.11. The van der Waals surface area contributed by atoms with Crippen LogP contribution in [0.15, 0.2) is 53.0 Å². The zero-order valence-corrected chi connectivity index (χ0v) is 15.6. The quantitative estimate of drug-likeness (QED) is 0.508. The molecule has 6 heteroatoms. The lowest BCUT2D eigenvalue weighted by molar-refractivity contribution is -0.136. The van der Waals surface area contributed by atoms with Crippen LogP contribution in [0, 0.1) is 5.92 Å². The largest absolute Gasteiger partial charge is 0.482 e. The third kappa shape index (κ3) is 6.58. The van der Waals surface area contributed by atoms with Crippen LogP contribution in [0.25, 0.3) is 0 Å². The summed E-state index contributed by atoms with van der Waals surface area (Å²) in [5.41, 5.74) is 0.333. The summed E-state index contributed by atoms with van der Waals surface area (Å²) < 4.78 is 16.6. The maximum Gasteiger partial charge on any atom is 0.349 e. The van der Waals surface area contributed by atoms with E-state index in [9.17, 15) is 9.59 Å². The maximum atomic E-state index is 11.9. The molecule has 0 fully saturated rings. The van der Waals surface area contributed by atoms with Gasteiger partial charge in [-0.3, -0.25) is 0 Å². The Morgan fingerprint density at radius 2 is 1.76 bits per heavy atom. The fraction of sp³-hybridized carbons (Fsp3) is 0.263. The smallest absolute Gasteiger partial charge is 0.349 e. The summed E-state index contributed by atoms with van der Waals surface area (Å²) in [6.45, 7) is 4.02. The molecule has 132 valence electrons. The van der Waals surface area contributed by atoms with Crippen molar-refractivity contribution in [2.75, 3.05) is 13.2 Å². The van der Waals surface area contributed by atoms with Crippen LogP contribution >= 0.6 is 15.9 Å². The normalized spacial score (nSPS) is 10.4. The molecule has 0 amide bonds. The number of rotatable bonds is 7. The second-order valence-electron chi connectivity index (χ2n) is 5.74. The lowest BCUT2D eigenvalue weighted by Crippen LogP contribution is -2.18. The molecule has 0 aliphatic rings. The Hall–Kier alpha value is -2.34. The van der Waals surface area contributed by atoms with E-state index in [2.05, 4.69) is 15.9 Å². The molecule has 0 saturated carbocycles. The molecule has 0 atom stereocenters. The molecule has 0 spiro atoms. The lowest BCUT2D eigenvalue weighted by atomic mass is 10.2. The summed E-state index contributed by atoms with van der Waals surface area (Å²) in [5, 5.41) is 0. The molecule has 2 aromatic rings. The van der Waals surface area contributed by atoms with Crippen LogP contribution < -0.4 is 9.47 Å². The van der Waals surface area contributed by atoms with E-state index < -0.39 is 11.9 Å². The minimum absolute atomic E-state index is 0.232. The van der Waals surface area contributed by atoms with Gasteiger partial charge in [-0.05, 0) is 48.4 Å². The molecule has 0 bridgehead atoms. The molecule has 0 aromatic heterocycles. The zero-order chi connectivity index (χ0) is 18.2. The third-order valence-corrected chi connectivity index (χ3v) is 3.55. The Kier molecular flexibility index (Phi) is 7.01. The van der Waals surface area contributed by atoms with Crippen LogP contribution in [0.2, 0.25) is 0 Å². The van der Waals surface area contributed by atoms with Crippen molar-refractivity contribution in [2.24, 2.45) is 5.92 Å². The predicted octanol–water partition coefficient (Wildman–Crippen LogP) is 4.25. The molecular weight excluding hydrogens is 388 g/mol. The van der Waals surface area contributed by atoms with Gasteiger partial charge in [-0.15, -0.1) is 0 Å². The highest BCUT2D eigenvalue weighted by molar-refractivity contribution is 9.10. The second kappa shape index (κ2) is 9.22. The first-order chi connectivity index (χ1) is 11.9. The Balaban J connectivity index is 1.88. The van der Waals surface area contributed by atoms with Crippen LogP contribution in [-0.4, -0.2) is 25.2 Å². The molecule has 2 rings (SSSR count). The van der Waals surface area contributed by atoms with Crippen molar-refractivity contribution >= 4 is 27.9 Å². The summed E-state index contributed by atoms with van der Waals surface area (Å²) in [6, 6.07) is 13.4. The van der Waals surface area contributed by atoms with Gasteiger partial charge < -0.3 is 14.2 Å². The maximum absolute atomic E-state index is 11.9. The fourth-order valence-electron chi connectivity index (χ4n) is 1.85. The number of hydrogen-bond donors (Lipinski definition) is 0. The van der Waals surface area contributed by atoms with E-state index in [1.165, 1.54) is 6.07 Å². The second-order valence-corrected chi connectivity index (χ2v) is 6.65. The minimum Gasteiger partial charge on any atom is -0.482 e. The number of benzene rings is 2. The van der Waals surface area contributed by atoms with E-state index >= 15 is 0 Å². The first-order valence-corrected chi connectivity index (χ1v) is 8.59.